The van der Waals surface area contributed by atoms with E-state index in [1.807, 2.05) is 18.2 Å². The van der Waals surface area contributed by atoms with Gasteiger partial charge in [0.05, 0.1) is 15.2 Å². The lowest BCUT2D eigenvalue weighted by molar-refractivity contribution is -0.125. The fraction of sp³-hybridized carbons (Fsp3) is 0.412. The Morgan fingerprint density at radius 3 is 3.05 bits per heavy atom. The highest BCUT2D eigenvalue weighted by molar-refractivity contribution is 7.18. The molecule has 0 radical (unpaired) electrons. The number of allylic oxidation sites excluding steroid dienone is 2. The molecule has 1 aliphatic carbocycles. The number of hydrogen-bond donors (Lipinski definition) is 1. The Balaban J connectivity index is 1.43. The molecule has 4 heteroatoms. The van der Waals surface area contributed by atoms with Gasteiger partial charge in [-0.15, -0.1) is 11.3 Å². The molecule has 0 bridgehead atoms. The largest absolute Gasteiger partial charge is 0.356 e. The Morgan fingerprint density at radius 1 is 1.33 bits per heavy atom. The van der Waals surface area contributed by atoms with E-state index in [-0.39, 0.29) is 11.8 Å². The van der Waals surface area contributed by atoms with E-state index in [4.69, 9.17) is 0 Å². The van der Waals surface area contributed by atoms with E-state index in [2.05, 4.69) is 28.5 Å². The monoisotopic (exact) mass is 300 g/mol. The molecule has 3 rings (SSSR count). The first-order chi connectivity index (χ1) is 10.3. The number of amides is 1. The molecule has 2 aromatic rings. The van der Waals surface area contributed by atoms with Crippen molar-refractivity contribution in [2.45, 2.75) is 32.1 Å². The average molecular weight is 300 g/mol. The summed E-state index contributed by atoms with van der Waals surface area (Å²) in [5, 5.41) is 4.22. The predicted molar refractivity (Wildman–Crippen MR) is 87.4 cm³/mol. The molecule has 1 N–H and O–H groups in total. The first kappa shape index (κ1) is 14.3. The molecule has 0 saturated heterocycles. The van der Waals surface area contributed by atoms with Gasteiger partial charge in [0, 0.05) is 18.9 Å². The van der Waals surface area contributed by atoms with Crippen LogP contribution < -0.4 is 5.32 Å². The maximum atomic E-state index is 12.0. The lowest BCUT2D eigenvalue weighted by Gasteiger charge is -2.16. The molecule has 1 aliphatic rings. The van der Waals surface area contributed by atoms with Crippen LogP contribution in [-0.4, -0.2) is 17.4 Å². The van der Waals surface area contributed by atoms with Crippen LogP contribution in [0.1, 0.15) is 30.7 Å². The van der Waals surface area contributed by atoms with Crippen molar-refractivity contribution in [3.63, 3.8) is 0 Å². The van der Waals surface area contributed by atoms with Crippen LogP contribution in [0.25, 0.3) is 10.2 Å². The minimum Gasteiger partial charge on any atom is -0.356 e. The minimum absolute atomic E-state index is 0.178. The van der Waals surface area contributed by atoms with Crippen molar-refractivity contribution < 1.29 is 4.79 Å². The normalized spacial score (nSPS) is 18.0. The van der Waals surface area contributed by atoms with E-state index in [0.717, 1.165) is 49.2 Å². The van der Waals surface area contributed by atoms with Gasteiger partial charge in [0.25, 0.3) is 0 Å². The molecule has 0 aliphatic heterocycles. The van der Waals surface area contributed by atoms with E-state index < -0.39 is 0 Å². The molecule has 1 amide bonds. The third-order valence-electron chi connectivity index (χ3n) is 3.84. The summed E-state index contributed by atoms with van der Waals surface area (Å²) >= 11 is 1.75. The second kappa shape index (κ2) is 6.85. The van der Waals surface area contributed by atoms with Gasteiger partial charge in [0.1, 0.15) is 0 Å². The number of rotatable bonds is 5. The molecule has 3 nitrogen and oxygen atoms in total. The summed E-state index contributed by atoms with van der Waals surface area (Å²) in [7, 11) is 0. The molecular formula is C17H20N2OS. The van der Waals surface area contributed by atoms with Crippen molar-refractivity contribution in [3.05, 3.63) is 41.4 Å². The lowest BCUT2D eigenvalue weighted by Crippen LogP contribution is -2.32. The number of aromatic nitrogens is 1. The van der Waals surface area contributed by atoms with Crippen LogP contribution in [0.5, 0.6) is 0 Å². The van der Waals surface area contributed by atoms with Crippen molar-refractivity contribution in [3.8, 4) is 0 Å². The molecule has 1 aromatic carbocycles. The Hall–Kier alpha value is -1.68. The molecule has 1 aromatic heterocycles. The maximum absolute atomic E-state index is 12.0. The molecule has 21 heavy (non-hydrogen) atoms. The first-order valence-corrected chi connectivity index (χ1v) is 8.42. The highest BCUT2D eigenvalue weighted by Crippen LogP contribution is 2.22. The highest BCUT2D eigenvalue weighted by Gasteiger charge is 2.17. The van der Waals surface area contributed by atoms with Crippen LogP contribution in [0.15, 0.2) is 36.4 Å². The van der Waals surface area contributed by atoms with Gasteiger partial charge >= 0.3 is 0 Å². The summed E-state index contributed by atoms with van der Waals surface area (Å²) < 4.78 is 1.24. The quantitative estimate of drug-likeness (QED) is 0.676. The van der Waals surface area contributed by atoms with Crippen LogP contribution in [-0.2, 0) is 11.2 Å². The summed E-state index contributed by atoms with van der Waals surface area (Å²) in [6.07, 6.45) is 9.08. The molecule has 0 saturated carbocycles. The smallest absolute Gasteiger partial charge is 0.223 e. The van der Waals surface area contributed by atoms with Crippen LogP contribution in [0.4, 0.5) is 0 Å². The van der Waals surface area contributed by atoms with Gasteiger partial charge in [-0.2, -0.15) is 0 Å². The molecule has 0 spiro atoms. The molecular weight excluding hydrogens is 280 g/mol. The number of fused-ring (bicyclic) bond motifs is 1. The molecule has 110 valence electrons. The SMILES string of the molecule is O=C(NCCCc1nc2ccccc2s1)C1CC=CCC1. The number of benzene rings is 1. The number of thiazole rings is 1. The molecule has 1 heterocycles. The first-order valence-electron chi connectivity index (χ1n) is 7.60. The second-order valence-electron chi connectivity index (χ2n) is 5.45. The zero-order valence-electron chi connectivity index (χ0n) is 12.0. The maximum Gasteiger partial charge on any atom is 0.223 e. The standard InChI is InChI=1S/C17H20N2OS/c20-17(13-7-2-1-3-8-13)18-12-6-11-16-19-14-9-4-5-10-15(14)21-16/h1-2,4-5,9-10,13H,3,6-8,11-12H2,(H,18,20). The minimum atomic E-state index is 0.178. The zero-order chi connectivity index (χ0) is 14.5. The fourth-order valence-corrected chi connectivity index (χ4v) is 3.66. The van der Waals surface area contributed by atoms with Crippen molar-refractivity contribution in [2.24, 2.45) is 5.92 Å². The van der Waals surface area contributed by atoms with E-state index >= 15 is 0 Å². The summed E-state index contributed by atoms with van der Waals surface area (Å²) in [5.74, 6) is 0.390. The van der Waals surface area contributed by atoms with Crippen molar-refractivity contribution in [1.29, 1.82) is 0 Å². The van der Waals surface area contributed by atoms with Crippen LogP contribution in [0.2, 0.25) is 0 Å². The number of para-hydroxylation sites is 1. The number of nitrogens with zero attached hydrogens (tertiary/aromatic N) is 1. The Morgan fingerprint density at radius 2 is 2.24 bits per heavy atom. The molecule has 1 unspecified atom stereocenters. The van der Waals surface area contributed by atoms with E-state index in [0.29, 0.717) is 0 Å². The van der Waals surface area contributed by atoms with Crippen molar-refractivity contribution >= 4 is 27.5 Å². The van der Waals surface area contributed by atoms with Gasteiger partial charge < -0.3 is 5.32 Å². The Kier molecular flexibility index (Phi) is 4.65. The van der Waals surface area contributed by atoms with Gasteiger partial charge in [-0.1, -0.05) is 24.3 Å². The Bertz CT molecular complexity index is 614. The summed E-state index contributed by atoms with van der Waals surface area (Å²) in [5.41, 5.74) is 1.08. The number of carbonyl (C=O) groups is 1. The van der Waals surface area contributed by atoms with Crippen molar-refractivity contribution in [1.82, 2.24) is 10.3 Å². The van der Waals surface area contributed by atoms with Gasteiger partial charge in [-0.3, -0.25) is 4.79 Å². The highest BCUT2D eigenvalue weighted by atomic mass is 32.1. The van der Waals surface area contributed by atoms with Crippen LogP contribution in [0, 0.1) is 5.92 Å². The Labute approximate surface area is 129 Å². The third kappa shape index (κ3) is 3.70. The van der Waals surface area contributed by atoms with E-state index in [1.165, 1.54) is 4.70 Å². The fourth-order valence-electron chi connectivity index (χ4n) is 2.65. The number of hydrogen-bond acceptors (Lipinski definition) is 3. The molecule has 0 fully saturated rings. The topological polar surface area (TPSA) is 42.0 Å². The van der Waals surface area contributed by atoms with E-state index in [9.17, 15) is 4.79 Å². The lowest BCUT2D eigenvalue weighted by atomic mass is 9.94. The predicted octanol–water partition coefficient (Wildman–Crippen LogP) is 3.70. The van der Waals surface area contributed by atoms with Crippen LogP contribution >= 0.6 is 11.3 Å². The van der Waals surface area contributed by atoms with Gasteiger partial charge in [-0.05, 0) is 37.8 Å². The summed E-state index contributed by atoms with van der Waals surface area (Å²) in [4.78, 5) is 16.6. The van der Waals surface area contributed by atoms with Crippen LogP contribution in [0.3, 0.4) is 0 Å². The number of carbonyl (C=O) groups excluding carboxylic acids is 1. The number of nitrogens with one attached hydrogen (secondary N) is 1. The zero-order valence-corrected chi connectivity index (χ0v) is 12.9. The molecule has 1 atom stereocenters. The number of aryl methyl sites for hydroxylation is 1. The third-order valence-corrected chi connectivity index (χ3v) is 4.94. The summed E-state index contributed by atoms with van der Waals surface area (Å²) in [6.45, 7) is 0.745. The van der Waals surface area contributed by atoms with Gasteiger partial charge in [-0.25, -0.2) is 4.98 Å². The van der Waals surface area contributed by atoms with E-state index in [1.54, 1.807) is 11.3 Å². The average Bonchev–Trinajstić information content (AvgIpc) is 2.95. The second-order valence-corrected chi connectivity index (χ2v) is 6.57. The van der Waals surface area contributed by atoms with Gasteiger partial charge in [0.2, 0.25) is 5.91 Å². The summed E-state index contributed by atoms with van der Waals surface area (Å²) in [6, 6.07) is 8.22. The van der Waals surface area contributed by atoms with Crippen molar-refractivity contribution in [2.75, 3.05) is 6.54 Å². The van der Waals surface area contributed by atoms with Gasteiger partial charge in [0.15, 0.2) is 0 Å².